The first-order valence-electron chi connectivity index (χ1n) is 5.09. The van der Waals surface area contributed by atoms with Gasteiger partial charge < -0.3 is 15.2 Å². The van der Waals surface area contributed by atoms with Gasteiger partial charge in [0.15, 0.2) is 0 Å². The number of aromatic nitrogens is 1. The van der Waals surface area contributed by atoms with E-state index in [-0.39, 0.29) is 0 Å². The third kappa shape index (κ3) is 4.16. The first kappa shape index (κ1) is 13.7. The van der Waals surface area contributed by atoms with E-state index in [1.54, 1.807) is 20.3 Å². The fraction of sp³-hybridized carbons (Fsp3) is 0.545. The van der Waals surface area contributed by atoms with Crippen LogP contribution in [0.5, 0.6) is 11.6 Å². The zero-order chi connectivity index (χ0) is 11.7. The van der Waals surface area contributed by atoms with Gasteiger partial charge in [-0.15, -0.1) is 0 Å². The number of nitrogens with zero attached hydrogens (tertiary/aromatic N) is 1. The number of hydrogen-bond acceptors (Lipinski definition) is 4. The summed E-state index contributed by atoms with van der Waals surface area (Å²) in [6.45, 7) is 4.55. The number of hydrogen-bond donors (Lipinski definition) is 1. The van der Waals surface area contributed by atoms with Crippen LogP contribution in [0.1, 0.15) is 19.5 Å². The van der Waals surface area contributed by atoms with E-state index in [9.17, 15) is 0 Å². The summed E-state index contributed by atoms with van der Waals surface area (Å²) in [5.41, 5.74) is 6.28. The number of pyridine rings is 1. The van der Waals surface area contributed by atoms with E-state index in [0.29, 0.717) is 18.8 Å². The molecule has 0 saturated heterocycles. The topological polar surface area (TPSA) is 57.4 Å². The van der Waals surface area contributed by atoms with E-state index in [1.807, 2.05) is 19.9 Å². The van der Waals surface area contributed by atoms with Crippen molar-refractivity contribution < 1.29 is 9.47 Å². The van der Waals surface area contributed by atoms with E-state index in [4.69, 9.17) is 15.2 Å². The monoisotopic (exact) mass is 212 g/mol. The Morgan fingerprint density at radius 1 is 1.20 bits per heavy atom. The summed E-state index contributed by atoms with van der Waals surface area (Å²) in [5, 5.41) is 0. The van der Waals surface area contributed by atoms with Crippen molar-refractivity contribution in [3.63, 3.8) is 0 Å². The summed E-state index contributed by atoms with van der Waals surface area (Å²) in [7, 11) is 3.20. The minimum Gasteiger partial charge on any atom is -0.495 e. The van der Waals surface area contributed by atoms with Crippen LogP contribution in [0.4, 0.5) is 0 Å². The van der Waals surface area contributed by atoms with Crippen molar-refractivity contribution in [3.8, 4) is 11.6 Å². The minimum absolute atomic E-state index is 0.552. The van der Waals surface area contributed by atoms with E-state index in [2.05, 4.69) is 4.98 Å². The van der Waals surface area contributed by atoms with Gasteiger partial charge in [0.25, 0.3) is 0 Å². The van der Waals surface area contributed by atoms with Gasteiger partial charge in [-0.1, -0.05) is 13.8 Å². The van der Waals surface area contributed by atoms with E-state index in [1.165, 1.54) is 0 Å². The molecule has 1 aromatic rings. The smallest absolute Gasteiger partial charge is 0.213 e. The molecular formula is C11H20N2O2. The van der Waals surface area contributed by atoms with Crippen molar-refractivity contribution in [1.29, 1.82) is 0 Å². The third-order valence-electron chi connectivity index (χ3n) is 1.72. The summed E-state index contributed by atoms with van der Waals surface area (Å²) < 4.78 is 10.1. The molecule has 4 heteroatoms. The van der Waals surface area contributed by atoms with Gasteiger partial charge in [0.05, 0.1) is 19.9 Å². The number of rotatable bonds is 4. The molecule has 86 valence electrons. The Morgan fingerprint density at radius 3 is 2.33 bits per heavy atom. The second-order valence-corrected chi connectivity index (χ2v) is 2.54. The fourth-order valence-electron chi connectivity index (χ4n) is 1.08. The highest BCUT2D eigenvalue weighted by Gasteiger charge is 2.04. The van der Waals surface area contributed by atoms with E-state index in [0.717, 1.165) is 11.4 Å². The summed E-state index contributed by atoms with van der Waals surface area (Å²) >= 11 is 0. The Balaban J connectivity index is 0.000000921. The lowest BCUT2D eigenvalue weighted by Gasteiger charge is -2.07. The molecule has 0 atom stereocenters. The molecule has 1 heterocycles. The van der Waals surface area contributed by atoms with Gasteiger partial charge in [-0.05, 0) is 12.6 Å². The molecule has 0 aliphatic rings. The van der Waals surface area contributed by atoms with Crippen molar-refractivity contribution in [2.24, 2.45) is 5.73 Å². The van der Waals surface area contributed by atoms with Crippen molar-refractivity contribution in [1.82, 2.24) is 4.98 Å². The number of ether oxygens (including phenoxy) is 2. The van der Waals surface area contributed by atoms with Crippen molar-refractivity contribution >= 4 is 0 Å². The molecule has 0 unspecified atom stereocenters. The van der Waals surface area contributed by atoms with Crippen LogP contribution in [0.3, 0.4) is 0 Å². The zero-order valence-corrected chi connectivity index (χ0v) is 9.91. The Labute approximate surface area is 91.4 Å². The molecule has 0 spiro atoms. The van der Waals surface area contributed by atoms with E-state index < -0.39 is 0 Å². The maximum Gasteiger partial charge on any atom is 0.213 e. The third-order valence-corrected chi connectivity index (χ3v) is 1.72. The standard InChI is InChI=1S/C9H14N2O2.C2H6/c1-12-8-3-4-9(13-2)11-7(8)5-6-10;1-2/h3-4H,5-6,10H2,1-2H3;1-2H3. The fourth-order valence-corrected chi connectivity index (χ4v) is 1.08. The van der Waals surface area contributed by atoms with Crippen LogP contribution in [0.2, 0.25) is 0 Å². The van der Waals surface area contributed by atoms with Crippen LogP contribution in [-0.2, 0) is 6.42 Å². The molecule has 2 N–H and O–H groups in total. The van der Waals surface area contributed by atoms with Crippen molar-refractivity contribution in [2.75, 3.05) is 20.8 Å². The largest absolute Gasteiger partial charge is 0.495 e. The Bertz CT molecular complexity index is 277. The van der Waals surface area contributed by atoms with Crippen molar-refractivity contribution in [2.45, 2.75) is 20.3 Å². The van der Waals surface area contributed by atoms with Crippen LogP contribution in [0, 0.1) is 0 Å². The first-order valence-corrected chi connectivity index (χ1v) is 5.09. The molecule has 4 nitrogen and oxygen atoms in total. The molecule has 0 radical (unpaired) electrons. The van der Waals surface area contributed by atoms with E-state index >= 15 is 0 Å². The highest BCUT2D eigenvalue weighted by Crippen LogP contribution is 2.19. The zero-order valence-electron chi connectivity index (χ0n) is 9.91. The highest BCUT2D eigenvalue weighted by molar-refractivity contribution is 5.31. The van der Waals surface area contributed by atoms with Crippen LogP contribution in [-0.4, -0.2) is 25.7 Å². The van der Waals surface area contributed by atoms with Gasteiger partial charge in [0.1, 0.15) is 5.75 Å². The van der Waals surface area contributed by atoms with Crippen LogP contribution >= 0.6 is 0 Å². The average Bonchev–Trinajstić information content (AvgIpc) is 2.32. The van der Waals surface area contributed by atoms with Crippen LogP contribution < -0.4 is 15.2 Å². The SMILES string of the molecule is CC.COc1ccc(OC)c(CCN)n1. The maximum absolute atomic E-state index is 5.44. The van der Waals surface area contributed by atoms with Gasteiger partial charge in [-0.2, -0.15) is 0 Å². The van der Waals surface area contributed by atoms with Gasteiger partial charge >= 0.3 is 0 Å². The van der Waals surface area contributed by atoms with Crippen LogP contribution in [0.15, 0.2) is 12.1 Å². The highest BCUT2D eigenvalue weighted by atomic mass is 16.5. The Hall–Kier alpha value is -1.29. The summed E-state index contributed by atoms with van der Waals surface area (Å²) in [6, 6.07) is 3.59. The molecule has 0 aliphatic carbocycles. The maximum atomic E-state index is 5.44. The molecule has 0 bridgehead atoms. The number of methoxy groups -OCH3 is 2. The first-order chi connectivity index (χ1) is 7.31. The minimum atomic E-state index is 0.552. The lowest BCUT2D eigenvalue weighted by molar-refractivity contribution is 0.382. The summed E-state index contributed by atoms with van der Waals surface area (Å²) in [6.07, 6.45) is 0.695. The summed E-state index contributed by atoms with van der Waals surface area (Å²) in [4.78, 5) is 4.22. The number of nitrogens with two attached hydrogens (primary N) is 1. The van der Waals surface area contributed by atoms with Gasteiger partial charge in [-0.3, -0.25) is 0 Å². The molecule has 0 aliphatic heterocycles. The quantitative estimate of drug-likeness (QED) is 0.824. The molecule has 0 fully saturated rings. The van der Waals surface area contributed by atoms with Crippen LogP contribution in [0.25, 0.3) is 0 Å². The van der Waals surface area contributed by atoms with Gasteiger partial charge in [-0.25, -0.2) is 4.98 Å². The van der Waals surface area contributed by atoms with Gasteiger partial charge in [0.2, 0.25) is 5.88 Å². The molecule has 1 aromatic heterocycles. The lowest BCUT2D eigenvalue weighted by atomic mass is 10.2. The Morgan fingerprint density at radius 2 is 1.87 bits per heavy atom. The normalized spacial score (nSPS) is 8.87. The lowest BCUT2D eigenvalue weighted by Crippen LogP contribution is -2.06. The second kappa shape index (κ2) is 8.05. The van der Waals surface area contributed by atoms with Crippen molar-refractivity contribution in [3.05, 3.63) is 17.8 Å². The molecular weight excluding hydrogens is 192 g/mol. The predicted molar refractivity (Wildman–Crippen MR) is 61.4 cm³/mol. The molecule has 0 amide bonds. The Kier molecular flexibility index (Phi) is 7.36. The van der Waals surface area contributed by atoms with Gasteiger partial charge in [0, 0.05) is 12.5 Å². The molecule has 0 saturated carbocycles. The molecule has 15 heavy (non-hydrogen) atoms. The molecule has 0 aromatic carbocycles. The summed E-state index contributed by atoms with van der Waals surface area (Å²) in [5.74, 6) is 1.34. The predicted octanol–water partition coefficient (Wildman–Crippen LogP) is 1.63. The molecule has 1 rings (SSSR count). The average molecular weight is 212 g/mol. The second-order valence-electron chi connectivity index (χ2n) is 2.54.